The van der Waals surface area contributed by atoms with Crippen LogP contribution in [0.1, 0.15) is 12.5 Å². The van der Waals surface area contributed by atoms with Crippen LogP contribution in [0.2, 0.25) is 0 Å². The number of thiophene rings is 1. The van der Waals surface area contributed by atoms with Gasteiger partial charge in [-0.1, -0.05) is 0 Å². The van der Waals surface area contributed by atoms with Crippen LogP contribution in [0.25, 0.3) is 31.6 Å². The van der Waals surface area contributed by atoms with Gasteiger partial charge < -0.3 is 10.4 Å². The topological polar surface area (TPSA) is 67.9 Å². The number of nitrogens with one attached hydrogen (secondary N) is 1. The average molecular weight is 371 g/mol. The Balaban J connectivity index is 1.53. The average Bonchev–Trinajstić information content (AvgIpc) is 3.27. The second-order valence-corrected chi connectivity index (χ2v) is 7.84. The molecule has 0 radical (unpaired) electrons. The van der Waals surface area contributed by atoms with Crippen molar-refractivity contribution in [1.82, 2.24) is 24.9 Å². The molecule has 1 saturated heterocycles. The van der Waals surface area contributed by atoms with Crippen molar-refractivity contribution in [2.24, 2.45) is 7.05 Å². The van der Waals surface area contributed by atoms with Crippen molar-refractivity contribution >= 4 is 32.5 Å². The third-order valence-corrected chi connectivity index (χ3v) is 6.02. The lowest BCUT2D eigenvalue weighted by molar-refractivity contribution is 0.0814. The van der Waals surface area contributed by atoms with Gasteiger partial charge >= 0.3 is 0 Å². The van der Waals surface area contributed by atoms with Gasteiger partial charge in [0.05, 0.1) is 12.1 Å². The number of piperidine rings is 1. The Morgan fingerprint density at radius 3 is 2.92 bits per heavy atom. The Hall–Kier alpha value is -2.29. The van der Waals surface area contributed by atoms with Crippen LogP contribution in [0.15, 0.2) is 30.6 Å². The van der Waals surface area contributed by atoms with Crippen LogP contribution in [-0.2, 0) is 7.05 Å². The van der Waals surface area contributed by atoms with Crippen molar-refractivity contribution in [3.05, 3.63) is 36.4 Å². The Morgan fingerprint density at radius 1 is 1.23 bits per heavy atom. The van der Waals surface area contributed by atoms with Crippen LogP contribution in [-0.4, -0.2) is 43.9 Å². The zero-order chi connectivity index (χ0) is 17.8. The normalized spacial score (nSPS) is 21.0. The first-order chi connectivity index (χ1) is 12.6. The third-order valence-electron chi connectivity index (χ3n) is 4.93. The summed E-state index contributed by atoms with van der Waals surface area (Å²) in [6, 6.07) is 5.53. The number of aromatic nitrogens is 4. The molecule has 1 aliphatic heterocycles. The van der Waals surface area contributed by atoms with E-state index in [4.69, 9.17) is 0 Å². The Bertz CT molecular complexity index is 1080. The van der Waals surface area contributed by atoms with E-state index >= 15 is 0 Å². The molecular formula is C18H18FN5OS. The Kier molecular flexibility index (Phi) is 3.59. The molecule has 0 saturated carbocycles. The van der Waals surface area contributed by atoms with E-state index in [9.17, 15) is 9.50 Å². The van der Waals surface area contributed by atoms with Crippen LogP contribution >= 0.6 is 11.3 Å². The van der Waals surface area contributed by atoms with Gasteiger partial charge in [-0.15, -0.1) is 11.3 Å². The van der Waals surface area contributed by atoms with E-state index in [0.717, 1.165) is 39.0 Å². The van der Waals surface area contributed by atoms with Crippen molar-refractivity contribution in [3.8, 4) is 10.4 Å². The van der Waals surface area contributed by atoms with Gasteiger partial charge in [-0.3, -0.25) is 9.36 Å². The molecule has 0 bridgehead atoms. The highest BCUT2D eigenvalue weighted by Gasteiger charge is 2.25. The van der Waals surface area contributed by atoms with Crippen LogP contribution in [0, 0.1) is 5.82 Å². The van der Waals surface area contributed by atoms with E-state index in [1.165, 1.54) is 17.4 Å². The summed E-state index contributed by atoms with van der Waals surface area (Å²) in [6.45, 7) is 1.47. The molecule has 0 aliphatic carbocycles. The Labute approximate surface area is 152 Å². The minimum absolute atomic E-state index is 0.00323. The van der Waals surface area contributed by atoms with Crippen LogP contribution in [0.5, 0.6) is 0 Å². The summed E-state index contributed by atoms with van der Waals surface area (Å²) in [4.78, 5) is 1.88. The van der Waals surface area contributed by atoms with Crippen molar-refractivity contribution < 1.29 is 9.50 Å². The maximum atomic E-state index is 14.4. The number of hydrogen-bond donors (Lipinski definition) is 2. The zero-order valence-electron chi connectivity index (χ0n) is 14.2. The Morgan fingerprint density at radius 2 is 2.12 bits per heavy atom. The van der Waals surface area contributed by atoms with E-state index in [1.54, 1.807) is 11.7 Å². The summed E-state index contributed by atoms with van der Waals surface area (Å²) < 4.78 is 17.9. The predicted molar refractivity (Wildman–Crippen MR) is 99.8 cm³/mol. The maximum absolute atomic E-state index is 14.4. The lowest BCUT2D eigenvalue weighted by atomic mass is 10.0. The fourth-order valence-electron chi connectivity index (χ4n) is 3.65. The molecule has 134 valence electrons. The summed E-state index contributed by atoms with van der Waals surface area (Å²) >= 11 is 1.54. The van der Waals surface area contributed by atoms with E-state index in [-0.39, 0.29) is 11.9 Å². The zero-order valence-corrected chi connectivity index (χ0v) is 15.0. The predicted octanol–water partition coefficient (Wildman–Crippen LogP) is 2.69. The van der Waals surface area contributed by atoms with Crippen LogP contribution in [0.4, 0.5) is 4.39 Å². The minimum atomic E-state index is -0.431. The number of aliphatic hydroxyl groups excluding tert-OH is 1. The standard InChI is InChI=1S/C18H18FN5OS/c1-23-8-11-4-10(5-13(19)17(11)21-23)16-6-12-9-24(22-18(12)26-16)14-2-3-20-7-15(14)25/h4-6,8-9,14-15,20,25H,2-3,7H2,1H3/t14-,15-/m1/s1. The summed E-state index contributed by atoms with van der Waals surface area (Å²) in [5, 5.41) is 24.0. The molecule has 2 atom stereocenters. The van der Waals surface area contributed by atoms with Gasteiger partial charge in [0.1, 0.15) is 10.3 Å². The summed E-state index contributed by atoms with van der Waals surface area (Å²) in [7, 11) is 1.79. The fraction of sp³-hybridized carbons (Fsp3) is 0.333. The fourth-order valence-corrected chi connectivity index (χ4v) is 4.64. The lowest BCUT2D eigenvalue weighted by Gasteiger charge is -2.28. The third kappa shape index (κ3) is 2.53. The number of rotatable bonds is 2. The molecule has 5 rings (SSSR count). The number of aliphatic hydroxyl groups is 1. The maximum Gasteiger partial charge on any atom is 0.151 e. The molecule has 6 nitrogen and oxygen atoms in total. The van der Waals surface area contributed by atoms with E-state index in [1.807, 2.05) is 29.2 Å². The van der Waals surface area contributed by atoms with E-state index in [0.29, 0.717) is 12.1 Å². The van der Waals surface area contributed by atoms with Gasteiger partial charge in [-0.2, -0.15) is 10.2 Å². The molecule has 0 amide bonds. The van der Waals surface area contributed by atoms with Gasteiger partial charge in [0.2, 0.25) is 0 Å². The molecule has 1 fully saturated rings. The van der Waals surface area contributed by atoms with E-state index < -0.39 is 6.10 Å². The number of β-amino-alcohol motifs (C(OH)–C–C–N with tert-alkyl or cyclic N) is 1. The smallest absolute Gasteiger partial charge is 0.151 e. The van der Waals surface area contributed by atoms with Crippen molar-refractivity contribution in [2.45, 2.75) is 18.6 Å². The first-order valence-electron chi connectivity index (χ1n) is 8.59. The lowest BCUT2D eigenvalue weighted by Crippen LogP contribution is -2.41. The second kappa shape index (κ2) is 5.87. The number of hydrogen-bond acceptors (Lipinski definition) is 5. The van der Waals surface area contributed by atoms with E-state index in [2.05, 4.69) is 15.5 Å². The monoisotopic (exact) mass is 371 g/mol. The molecule has 0 unspecified atom stereocenters. The summed E-state index contributed by atoms with van der Waals surface area (Å²) in [6.07, 6.45) is 4.22. The van der Waals surface area contributed by atoms with Gasteiger partial charge in [0.25, 0.3) is 0 Å². The molecule has 0 spiro atoms. The number of halogens is 1. The van der Waals surface area contributed by atoms with Gasteiger partial charge in [-0.05, 0) is 36.7 Å². The highest BCUT2D eigenvalue weighted by Crippen LogP contribution is 2.36. The number of aryl methyl sites for hydroxylation is 1. The molecular weight excluding hydrogens is 353 g/mol. The second-order valence-electron chi connectivity index (χ2n) is 6.81. The van der Waals surface area contributed by atoms with Gasteiger partial charge in [0, 0.05) is 41.6 Å². The molecule has 1 aliphatic rings. The van der Waals surface area contributed by atoms with Crippen molar-refractivity contribution in [3.63, 3.8) is 0 Å². The molecule has 4 heterocycles. The molecule has 26 heavy (non-hydrogen) atoms. The van der Waals surface area contributed by atoms with Gasteiger partial charge in [-0.25, -0.2) is 4.39 Å². The summed E-state index contributed by atoms with van der Waals surface area (Å²) in [5.74, 6) is -0.313. The first kappa shape index (κ1) is 15.9. The number of benzene rings is 1. The number of fused-ring (bicyclic) bond motifs is 2. The highest BCUT2D eigenvalue weighted by atomic mass is 32.1. The van der Waals surface area contributed by atoms with Crippen LogP contribution < -0.4 is 5.32 Å². The molecule has 4 aromatic rings. The van der Waals surface area contributed by atoms with Gasteiger partial charge in [0.15, 0.2) is 5.82 Å². The largest absolute Gasteiger partial charge is 0.390 e. The van der Waals surface area contributed by atoms with Crippen LogP contribution in [0.3, 0.4) is 0 Å². The number of nitrogens with zero attached hydrogens (tertiary/aromatic N) is 4. The van der Waals surface area contributed by atoms with Crippen molar-refractivity contribution in [2.75, 3.05) is 13.1 Å². The summed E-state index contributed by atoms with van der Waals surface area (Å²) in [5.41, 5.74) is 1.22. The molecule has 8 heteroatoms. The molecule has 1 aromatic carbocycles. The SMILES string of the molecule is Cn1cc2cc(-c3cc4cn([C@@H]5CCNC[C@H]5O)nc4s3)cc(F)c2n1. The first-order valence-corrected chi connectivity index (χ1v) is 9.41. The highest BCUT2D eigenvalue weighted by molar-refractivity contribution is 7.21. The quantitative estimate of drug-likeness (QED) is 0.569. The van der Waals surface area contributed by atoms with Crippen molar-refractivity contribution in [1.29, 1.82) is 0 Å². The minimum Gasteiger partial charge on any atom is -0.390 e. The molecule has 3 aromatic heterocycles. The molecule has 2 N–H and O–H groups in total.